The van der Waals surface area contributed by atoms with Crippen LogP contribution < -0.4 is 45.9 Å². The van der Waals surface area contributed by atoms with E-state index in [1.165, 1.54) is 77.5 Å². The molecule has 24 nitrogen and oxygen atoms in total. The Labute approximate surface area is 600 Å². The summed E-state index contributed by atoms with van der Waals surface area (Å²) in [5.74, 6) is -0.215. The molecule has 3 aliphatic carbocycles. The first-order valence-electron chi connectivity index (χ1n) is 34.1. The number of methoxy groups -OCH3 is 4. The van der Waals surface area contributed by atoms with Crippen LogP contribution in [0, 0.1) is 23.3 Å². The van der Waals surface area contributed by atoms with Gasteiger partial charge in [0.05, 0.1) is 80.8 Å². The standard InChI is InChI=1S/C31H36F2N6O4.C21H29FN4O3.C11H22N2O2.C10H8BrFN2O/c1-31(2,3)43-30(40)36-18-6-8-19(9-7-18)39(16-20-22(32)10-12-24-28(20)37-26(41-4)14-34-24)17-21-23(33)11-13-25-29(21)38-27(42-5)15-35-25;1-21(2,3)29-20(27)25-14-7-5-13(6-8-14)23-11-15-16(22)9-10-17-19(15)26-18(28-4)12-24-17;1-11(2,3)15-10(14)13-9-6-4-8(12)5-7-9;1-15-9-5-13-8-3-2-7(12)6(4-11)10(8)14-9/h10-15,18-19H,6-9,16-17H2,1-5H3,(H,36,40);9-10,12-14,23H,5-8,11H2,1-4H3,(H,25,27);8-9H,4-7,12H2,1-3H3,(H,13,14);2-3,5H,4H2,1H3. The number of ether oxygens (including phenoxy) is 7. The van der Waals surface area contributed by atoms with Gasteiger partial charge in [-0.2, -0.15) is 0 Å². The third-order valence-corrected chi connectivity index (χ3v) is 17.7. The van der Waals surface area contributed by atoms with Crippen molar-refractivity contribution in [2.75, 3.05) is 28.4 Å². The van der Waals surface area contributed by atoms with Crippen LogP contribution in [0.2, 0.25) is 0 Å². The number of rotatable bonds is 16. The molecule has 8 aromatic rings. The summed E-state index contributed by atoms with van der Waals surface area (Å²) in [6.07, 6.45) is 15.0. The van der Waals surface area contributed by atoms with Gasteiger partial charge in [0, 0.05) is 83.5 Å². The Morgan fingerprint density at radius 2 is 0.725 bits per heavy atom. The van der Waals surface area contributed by atoms with Crippen molar-refractivity contribution in [1.29, 1.82) is 0 Å². The Balaban J connectivity index is 0.000000191. The molecule has 0 aliphatic heterocycles. The van der Waals surface area contributed by atoms with Gasteiger partial charge < -0.3 is 60.2 Å². The molecule has 11 rings (SSSR count). The van der Waals surface area contributed by atoms with E-state index in [4.69, 9.17) is 38.9 Å². The van der Waals surface area contributed by atoms with Crippen LogP contribution in [0.15, 0.2) is 73.3 Å². The van der Waals surface area contributed by atoms with Crippen molar-refractivity contribution >= 4 is 78.3 Å². The minimum atomic E-state index is -0.597. The molecule has 0 bridgehead atoms. The molecule has 102 heavy (non-hydrogen) atoms. The number of amides is 3. The fraction of sp³-hybridized carbons (Fsp3) is 0.521. The first kappa shape index (κ1) is 79.0. The summed E-state index contributed by atoms with van der Waals surface area (Å²) >= 11 is 3.23. The van der Waals surface area contributed by atoms with E-state index >= 15 is 8.78 Å². The number of aromatic nitrogens is 8. The third-order valence-electron chi connectivity index (χ3n) is 17.1. The number of carbonyl (C=O) groups excluding carboxylic acids is 3. The van der Waals surface area contributed by atoms with E-state index in [-0.39, 0.29) is 78.9 Å². The average molecular weight is 1480 g/mol. The van der Waals surface area contributed by atoms with E-state index in [9.17, 15) is 23.2 Å². The molecular formula is C73H95BrF4N14O10. The maximum atomic E-state index is 15.5. The molecule has 3 saturated carbocycles. The molecule has 0 spiro atoms. The number of benzene rings is 4. The predicted molar refractivity (Wildman–Crippen MR) is 383 cm³/mol. The van der Waals surface area contributed by atoms with Crippen molar-refractivity contribution in [2.24, 2.45) is 5.73 Å². The lowest BCUT2D eigenvalue weighted by Gasteiger charge is -2.37. The highest BCUT2D eigenvalue weighted by molar-refractivity contribution is 9.08. The summed E-state index contributed by atoms with van der Waals surface area (Å²) in [4.78, 5) is 72.5. The van der Waals surface area contributed by atoms with Crippen LogP contribution in [0.25, 0.3) is 44.1 Å². The zero-order chi connectivity index (χ0) is 74.1. The summed E-state index contributed by atoms with van der Waals surface area (Å²) in [5, 5.41) is 12.6. The van der Waals surface area contributed by atoms with E-state index in [1.54, 1.807) is 24.3 Å². The maximum Gasteiger partial charge on any atom is 0.407 e. The van der Waals surface area contributed by atoms with Gasteiger partial charge in [-0.3, -0.25) is 4.90 Å². The number of halogens is 5. The number of nitrogens with zero attached hydrogens (tertiary/aromatic N) is 9. The van der Waals surface area contributed by atoms with Gasteiger partial charge in [0.1, 0.15) is 56.6 Å². The van der Waals surface area contributed by atoms with Gasteiger partial charge in [0.25, 0.3) is 0 Å². The van der Waals surface area contributed by atoms with E-state index in [0.717, 1.165) is 51.4 Å². The number of fused-ring (bicyclic) bond motifs is 4. The molecule has 0 atom stereocenters. The summed E-state index contributed by atoms with van der Waals surface area (Å²) in [6, 6.07) is 12.7. The molecule has 0 radical (unpaired) electrons. The molecule has 0 saturated heterocycles. The van der Waals surface area contributed by atoms with Crippen molar-refractivity contribution in [3.05, 3.63) is 119 Å². The molecule has 6 N–H and O–H groups in total. The van der Waals surface area contributed by atoms with Gasteiger partial charge in [-0.1, -0.05) is 15.9 Å². The number of hydrogen-bond acceptors (Lipinski definition) is 21. The number of alkyl carbamates (subject to hydrolysis) is 3. The molecule has 4 aromatic heterocycles. The van der Waals surface area contributed by atoms with Crippen molar-refractivity contribution in [3.63, 3.8) is 0 Å². The number of hydrogen-bond donors (Lipinski definition) is 5. The quantitative estimate of drug-likeness (QED) is 0.0341. The minimum absolute atomic E-state index is 0.0573. The third kappa shape index (κ3) is 23.2. The second-order valence-corrected chi connectivity index (χ2v) is 28.8. The number of nitrogens with two attached hydrogens (primary N) is 1. The molecule has 3 fully saturated rings. The number of alkyl halides is 1. The lowest BCUT2D eigenvalue weighted by atomic mass is 9.89. The highest BCUT2D eigenvalue weighted by Gasteiger charge is 2.32. The predicted octanol–water partition coefficient (Wildman–Crippen LogP) is 13.9. The second-order valence-electron chi connectivity index (χ2n) is 28.2. The zero-order valence-corrected chi connectivity index (χ0v) is 61.9. The van der Waals surface area contributed by atoms with Crippen LogP contribution in [0.1, 0.15) is 162 Å². The maximum absolute atomic E-state index is 15.5. The van der Waals surface area contributed by atoms with E-state index in [0.29, 0.717) is 122 Å². The van der Waals surface area contributed by atoms with Gasteiger partial charge in [0.15, 0.2) is 0 Å². The van der Waals surface area contributed by atoms with Gasteiger partial charge in [-0.25, -0.2) is 71.8 Å². The fourth-order valence-corrected chi connectivity index (χ4v) is 12.6. The van der Waals surface area contributed by atoms with Gasteiger partial charge in [0.2, 0.25) is 23.5 Å². The van der Waals surface area contributed by atoms with Crippen LogP contribution in [-0.2, 0) is 39.2 Å². The smallest absolute Gasteiger partial charge is 0.407 e. The van der Waals surface area contributed by atoms with E-state index in [2.05, 4.69) is 77.1 Å². The van der Waals surface area contributed by atoms with E-state index in [1.807, 2.05) is 67.2 Å². The topological polar surface area (TPSA) is 296 Å². The molecule has 3 aliphatic rings. The zero-order valence-electron chi connectivity index (χ0n) is 60.3. The molecule has 29 heteroatoms. The van der Waals surface area contributed by atoms with Crippen molar-refractivity contribution in [1.82, 2.24) is 66.0 Å². The first-order valence-corrected chi connectivity index (χ1v) is 35.2. The monoisotopic (exact) mass is 1480 g/mol. The Kier molecular flexibility index (Phi) is 27.9. The van der Waals surface area contributed by atoms with Crippen molar-refractivity contribution in [3.8, 4) is 23.5 Å². The normalized spacial score (nSPS) is 18.5. The minimum Gasteiger partial charge on any atom is -0.480 e. The fourth-order valence-electron chi connectivity index (χ4n) is 12.0. The van der Waals surface area contributed by atoms with Crippen LogP contribution in [0.5, 0.6) is 23.5 Å². The highest BCUT2D eigenvalue weighted by atomic mass is 79.9. The largest absolute Gasteiger partial charge is 0.480 e. The Hall–Kier alpha value is -8.67. The molecule has 552 valence electrons. The van der Waals surface area contributed by atoms with Crippen LogP contribution in [-0.4, -0.2) is 145 Å². The summed E-state index contributed by atoms with van der Waals surface area (Å²) in [5.41, 5.74) is 10.1. The summed E-state index contributed by atoms with van der Waals surface area (Å²) in [6.45, 7) is 17.2. The Morgan fingerprint density at radius 3 is 1.05 bits per heavy atom. The molecule has 4 aromatic carbocycles. The average Bonchev–Trinajstić information content (AvgIpc) is 0.803. The van der Waals surface area contributed by atoms with Crippen LogP contribution in [0.3, 0.4) is 0 Å². The SMILES string of the molecule is CC(C)(C)OC(=O)NC1CCC(N)CC1.COc1cnc2ccc(F)c(CBr)c2n1.COc1cnc2ccc(F)c(CN(Cc3c(F)ccc4ncc(OC)nc34)C3CCC(NC(=O)OC(C)(C)C)CC3)c2n1.COc1cnc2ccc(F)c(CNC3CCC(NC(=O)OC(C)(C)C)CC3)c2n1. The Bertz CT molecular complexity index is 4050. The number of nitrogens with one attached hydrogen (secondary N) is 4. The van der Waals surface area contributed by atoms with Crippen LogP contribution >= 0.6 is 15.9 Å². The van der Waals surface area contributed by atoms with Crippen molar-refractivity contribution < 1.29 is 65.1 Å². The van der Waals surface area contributed by atoms with Gasteiger partial charge in [-0.15, -0.1) is 0 Å². The second kappa shape index (κ2) is 36.0. The lowest BCUT2D eigenvalue weighted by Crippen LogP contribution is -2.45. The van der Waals surface area contributed by atoms with Crippen molar-refractivity contribution in [2.45, 2.75) is 217 Å². The number of carbonyl (C=O) groups is 3. The summed E-state index contributed by atoms with van der Waals surface area (Å²) < 4.78 is 95.4. The molecule has 3 amide bonds. The van der Waals surface area contributed by atoms with Gasteiger partial charge >= 0.3 is 18.3 Å². The lowest BCUT2D eigenvalue weighted by molar-refractivity contribution is 0.0465. The Morgan fingerprint density at radius 1 is 0.441 bits per heavy atom. The molecular weight excluding hydrogens is 1390 g/mol. The van der Waals surface area contributed by atoms with Gasteiger partial charge in [-0.05, 0) is 188 Å². The molecule has 4 heterocycles. The van der Waals surface area contributed by atoms with E-state index < -0.39 is 34.5 Å². The summed E-state index contributed by atoms with van der Waals surface area (Å²) in [7, 11) is 5.97. The van der Waals surface area contributed by atoms with Crippen LogP contribution in [0.4, 0.5) is 31.9 Å². The molecule has 0 unspecified atom stereocenters. The first-order chi connectivity index (χ1) is 48.4. The highest BCUT2D eigenvalue weighted by Crippen LogP contribution is 2.33.